The Morgan fingerprint density at radius 1 is 1.00 bits per heavy atom. The lowest BCUT2D eigenvalue weighted by molar-refractivity contribution is 0.193. The molecule has 0 radical (unpaired) electrons. The maximum Gasteiger partial charge on any atom is 0.184 e. The SMILES string of the molecule is C/C=C1/c2ccccc2-c2ccc(C(CC)O[Si](C)(C)C)c(C3=CC=CC3)c21. The van der Waals surface area contributed by atoms with Gasteiger partial charge in [-0.1, -0.05) is 67.6 Å². The third kappa shape index (κ3) is 3.25. The molecule has 4 rings (SSSR count). The summed E-state index contributed by atoms with van der Waals surface area (Å²) >= 11 is 0. The van der Waals surface area contributed by atoms with E-state index in [-0.39, 0.29) is 6.10 Å². The van der Waals surface area contributed by atoms with E-state index in [0.717, 1.165) is 12.8 Å². The monoisotopic (exact) mass is 386 g/mol. The molecule has 2 aromatic carbocycles. The standard InChI is InChI=1S/C26H30OSi/c1-6-19-20-14-10-11-15-21(20)22-16-17-23(24(7-2)27-28(3,4)5)25(26(19)22)18-12-8-9-13-18/h6,8-12,14-17,24H,7,13H2,1-5H3/b19-6-. The molecule has 0 aromatic heterocycles. The summed E-state index contributed by atoms with van der Waals surface area (Å²) in [6, 6.07) is 13.5. The van der Waals surface area contributed by atoms with Gasteiger partial charge in [0.15, 0.2) is 8.32 Å². The summed E-state index contributed by atoms with van der Waals surface area (Å²) < 4.78 is 6.65. The molecule has 28 heavy (non-hydrogen) atoms. The van der Waals surface area contributed by atoms with Gasteiger partial charge in [-0.2, -0.15) is 0 Å². The van der Waals surface area contributed by atoms with Crippen molar-refractivity contribution in [2.45, 2.75) is 52.4 Å². The first-order chi connectivity index (χ1) is 13.4. The second-order valence-electron chi connectivity index (χ2n) is 8.65. The van der Waals surface area contributed by atoms with Crippen LogP contribution in [0.4, 0.5) is 0 Å². The summed E-state index contributed by atoms with van der Waals surface area (Å²) in [5, 5.41) is 0. The Bertz CT molecular complexity index is 1000. The van der Waals surface area contributed by atoms with Crippen LogP contribution in [0.3, 0.4) is 0 Å². The highest BCUT2D eigenvalue weighted by Crippen LogP contribution is 2.50. The van der Waals surface area contributed by atoms with Crippen molar-refractivity contribution in [3.63, 3.8) is 0 Å². The van der Waals surface area contributed by atoms with Gasteiger partial charge in [0, 0.05) is 0 Å². The van der Waals surface area contributed by atoms with Crippen LogP contribution in [0.2, 0.25) is 19.6 Å². The lowest BCUT2D eigenvalue weighted by atomic mass is 9.86. The summed E-state index contributed by atoms with van der Waals surface area (Å²) in [5.41, 5.74) is 11.0. The van der Waals surface area contributed by atoms with Crippen LogP contribution in [-0.4, -0.2) is 8.32 Å². The molecule has 0 spiro atoms. The third-order valence-corrected chi connectivity index (χ3v) is 6.60. The van der Waals surface area contributed by atoms with Crippen LogP contribution in [0.15, 0.2) is 60.7 Å². The fourth-order valence-corrected chi connectivity index (χ4v) is 5.70. The minimum Gasteiger partial charge on any atom is -0.411 e. The highest BCUT2D eigenvalue weighted by Gasteiger charge is 2.31. The van der Waals surface area contributed by atoms with Crippen molar-refractivity contribution in [1.29, 1.82) is 0 Å². The van der Waals surface area contributed by atoms with E-state index in [1.165, 1.54) is 44.5 Å². The minimum atomic E-state index is -1.65. The molecule has 0 amide bonds. The fraction of sp³-hybridized carbons (Fsp3) is 0.308. The zero-order valence-corrected chi connectivity index (χ0v) is 18.7. The molecule has 2 heteroatoms. The molecule has 0 bridgehead atoms. The molecule has 2 aromatic rings. The number of fused-ring (bicyclic) bond motifs is 3. The van der Waals surface area contributed by atoms with Crippen molar-refractivity contribution in [2.24, 2.45) is 0 Å². The molecule has 2 aliphatic carbocycles. The Balaban J connectivity index is 1.97. The smallest absolute Gasteiger partial charge is 0.184 e. The molecule has 0 saturated carbocycles. The zero-order valence-electron chi connectivity index (χ0n) is 17.7. The molecule has 1 atom stereocenters. The molecular formula is C26H30OSi. The maximum absolute atomic E-state index is 6.65. The average Bonchev–Trinajstić information content (AvgIpc) is 3.30. The van der Waals surface area contributed by atoms with Crippen molar-refractivity contribution >= 4 is 19.5 Å². The molecule has 1 nitrogen and oxygen atoms in total. The van der Waals surface area contributed by atoms with E-state index < -0.39 is 8.32 Å². The van der Waals surface area contributed by atoms with Crippen LogP contribution in [0, 0.1) is 0 Å². The Morgan fingerprint density at radius 2 is 1.75 bits per heavy atom. The fourth-order valence-electron chi connectivity index (χ4n) is 4.55. The third-order valence-electron chi connectivity index (χ3n) is 5.61. The van der Waals surface area contributed by atoms with Crippen LogP contribution in [-0.2, 0) is 4.43 Å². The topological polar surface area (TPSA) is 9.23 Å². The maximum atomic E-state index is 6.65. The summed E-state index contributed by atoms with van der Waals surface area (Å²) in [6.45, 7) is 11.3. The van der Waals surface area contributed by atoms with Gasteiger partial charge < -0.3 is 4.43 Å². The molecule has 0 saturated heterocycles. The largest absolute Gasteiger partial charge is 0.411 e. The molecule has 1 unspecified atom stereocenters. The summed E-state index contributed by atoms with van der Waals surface area (Å²) in [7, 11) is -1.65. The molecular weight excluding hydrogens is 356 g/mol. The number of hydrogen-bond acceptors (Lipinski definition) is 1. The molecule has 0 fully saturated rings. The van der Waals surface area contributed by atoms with Crippen molar-refractivity contribution in [2.75, 3.05) is 0 Å². The van der Waals surface area contributed by atoms with Gasteiger partial charge in [0.1, 0.15) is 0 Å². The van der Waals surface area contributed by atoms with Gasteiger partial charge in [-0.15, -0.1) is 0 Å². The van der Waals surface area contributed by atoms with Crippen LogP contribution in [0.5, 0.6) is 0 Å². The first-order valence-electron chi connectivity index (χ1n) is 10.4. The van der Waals surface area contributed by atoms with E-state index in [1.54, 1.807) is 0 Å². The minimum absolute atomic E-state index is 0.148. The van der Waals surface area contributed by atoms with Gasteiger partial charge in [0.2, 0.25) is 0 Å². The van der Waals surface area contributed by atoms with Crippen molar-refractivity contribution < 1.29 is 4.43 Å². The second kappa shape index (κ2) is 7.34. The Labute approximate surface area is 170 Å². The Kier molecular flexibility index (Phi) is 5.03. The average molecular weight is 387 g/mol. The summed E-state index contributed by atoms with van der Waals surface area (Å²) in [6.07, 6.45) is 11.2. The van der Waals surface area contributed by atoms with Crippen LogP contribution >= 0.6 is 0 Å². The van der Waals surface area contributed by atoms with Gasteiger partial charge in [-0.25, -0.2) is 0 Å². The number of allylic oxidation sites excluding steroid dienone is 5. The summed E-state index contributed by atoms with van der Waals surface area (Å²) in [4.78, 5) is 0. The van der Waals surface area contributed by atoms with Gasteiger partial charge in [-0.05, 0) is 83.9 Å². The van der Waals surface area contributed by atoms with Gasteiger partial charge >= 0.3 is 0 Å². The molecule has 2 aliphatic rings. The van der Waals surface area contributed by atoms with E-state index in [4.69, 9.17) is 4.43 Å². The Morgan fingerprint density at radius 3 is 2.36 bits per heavy atom. The number of hydrogen-bond donors (Lipinski definition) is 0. The van der Waals surface area contributed by atoms with Crippen molar-refractivity contribution in [1.82, 2.24) is 0 Å². The van der Waals surface area contributed by atoms with E-state index in [2.05, 4.69) is 94.2 Å². The van der Waals surface area contributed by atoms with Crippen LogP contribution < -0.4 is 0 Å². The van der Waals surface area contributed by atoms with E-state index in [1.807, 2.05) is 0 Å². The quantitative estimate of drug-likeness (QED) is 0.407. The molecule has 0 heterocycles. The van der Waals surface area contributed by atoms with E-state index in [0.29, 0.717) is 0 Å². The summed E-state index contributed by atoms with van der Waals surface area (Å²) in [5.74, 6) is 0. The lowest BCUT2D eigenvalue weighted by Crippen LogP contribution is -2.28. The Hall–Kier alpha value is -2.16. The predicted octanol–water partition coefficient (Wildman–Crippen LogP) is 7.76. The number of benzene rings is 2. The zero-order chi connectivity index (χ0) is 19.9. The predicted molar refractivity (Wildman–Crippen MR) is 124 cm³/mol. The van der Waals surface area contributed by atoms with Gasteiger partial charge in [-0.3, -0.25) is 0 Å². The van der Waals surface area contributed by atoms with Crippen LogP contribution in [0.25, 0.3) is 22.3 Å². The van der Waals surface area contributed by atoms with Crippen molar-refractivity contribution in [3.05, 3.63) is 83.0 Å². The first-order valence-corrected chi connectivity index (χ1v) is 13.8. The van der Waals surface area contributed by atoms with Crippen LogP contribution in [0.1, 0.15) is 55.0 Å². The molecule has 0 aliphatic heterocycles. The number of rotatable bonds is 5. The molecule has 144 valence electrons. The van der Waals surface area contributed by atoms with E-state index >= 15 is 0 Å². The van der Waals surface area contributed by atoms with Gasteiger partial charge in [0.05, 0.1) is 6.10 Å². The normalized spacial score (nSPS) is 17.6. The lowest BCUT2D eigenvalue weighted by Gasteiger charge is -2.29. The van der Waals surface area contributed by atoms with Gasteiger partial charge in [0.25, 0.3) is 0 Å². The second-order valence-corrected chi connectivity index (χ2v) is 13.1. The highest BCUT2D eigenvalue weighted by molar-refractivity contribution is 6.69. The highest BCUT2D eigenvalue weighted by atomic mass is 28.4. The first kappa shape index (κ1) is 19.2. The van der Waals surface area contributed by atoms with Crippen molar-refractivity contribution in [3.8, 4) is 11.1 Å². The molecule has 0 N–H and O–H groups in total. The van der Waals surface area contributed by atoms with E-state index in [9.17, 15) is 0 Å².